The van der Waals surface area contributed by atoms with Gasteiger partial charge in [-0.2, -0.15) is 5.26 Å². The average molecular weight is 186 g/mol. The maximum absolute atomic E-state index is 8.73. The Morgan fingerprint density at radius 2 is 2.36 bits per heavy atom. The monoisotopic (exact) mass is 186 g/mol. The molecule has 4 heteroatoms. The lowest BCUT2D eigenvalue weighted by molar-refractivity contribution is 0.797. The van der Waals surface area contributed by atoms with E-state index in [1.54, 1.807) is 6.07 Å². The van der Waals surface area contributed by atoms with Gasteiger partial charge in [-0.15, -0.1) is 0 Å². The highest BCUT2D eigenvalue weighted by Crippen LogP contribution is 2.16. The molecular formula is C10H10N4. The lowest BCUT2D eigenvalue weighted by Gasteiger charge is -2.19. The average Bonchev–Trinajstić information content (AvgIpc) is 2.65. The van der Waals surface area contributed by atoms with Gasteiger partial charge in [0.1, 0.15) is 5.82 Å². The molecule has 1 aromatic carbocycles. The first-order valence-corrected chi connectivity index (χ1v) is 4.29. The number of nitrogens with zero attached hydrogens (tertiary/aromatic N) is 2. The number of nitriles is 1. The largest absolute Gasteiger partial charge is 0.384 e. The summed E-state index contributed by atoms with van der Waals surface area (Å²) in [6.07, 6.45) is 1.89. The van der Waals surface area contributed by atoms with E-state index >= 15 is 0 Å². The fourth-order valence-corrected chi connectivity index (χ4v) is 1.35. The maximum Gasteiger partial charge on any atom is 0.113 e. The first-order chi connectivity index (χ1) is 6.79. The standard InChI is InChI=1S/C10H10N4/c11-7-8-2-1-3-9(6-8)14-5-4-10(12)13-14/h1-4,6,13H,5,12H2. The summed E-state index contributed by atoms with van der Waals surface area (Å²) >= 11 is 0. The number of hydrogen-bond acceptors (Lipinski definition) is 4. The van der Waals surface area contributed by atoms with Crippen molar-refractivity contribution in [1.82, 2.24) is 5.43 Å². The van der Waals surface area contributed by atoms with E-state index in [0.29, 0.717) is 11.4 Å². The van der Waals surface area contributed by atoms with Crippen LogP contribution in [0, 0.1) is 11.3 Å². The molecule has 0 radical (unpaired) electrons. The van der Waals surface area contributed by atoms with E-state index in [-0.39, 0.29) is 0 Å². The van der Waals surface area contributed by atoms with Crippen LogP contribution in [0.5, 0.6) is 0 Å². The fraction of sp³-hybridized carbons (Fsp3) is 0.100. The Balaban J connectivity index is 2.22. The third-order valence-corrected chi connectivity index (χ3v) is 2.04. The van der Waals surface area contributed by atoms with Crippen molar-refractivity contribution >= 4 is 5.69 Å². The van der Waals surface area contributed by atoms with Gasteiger partial charge in [0.25, 0.3) is 0 Å². The first kappa shape index (κ1) is 8.45. The summed E-state index contributed by atoms with van der Waals surface area (Å²) in [7, 11) is 0. The molecule has 0 unspecified atom stereocenters. The molecule has 0 fully saturated rings. The van der Waals surface area contributed by atoms with Crippen LogP contribution in [0.3, 0.4) is 0 Å². The van der Waals surface area contributed by atoms with Crippen molar-refractivity contribution in [2.75, 3.05) is 11.6 Å². The van der Waals surface area contributed by atoms with Gasteiger partial charge in [0.15, 0.2) is 0 Å². The molecule has 14 heavy (non-hydrogen) atoms. The number of rotatable bonds is 1. The molecule has 0 amide bonds. The lowest BCUT2D eigenvalue weighted by atomic mass is 10.2. The molecule has 0 aliphatic carbocycles. The Hall–Kier alpha value is -2.15. The zero-order chi connectivity index (χ0) is 9.97. The van der Waals surface area contributed by atoms with Gasteiger partial charge in [0.2, 0.25) is 0 Å². The van der Waals surface area contributed by atoms with E-state index in [0.717, 1.165) is 12.2 Å². The summed E-state index contributed by atoms with van der Waals surface area (Å²) in [6.45, 7) is 0.723. The first-order valence-electron chi connectivity index (χ1n) is 4.29. The quantitative estimate of drug-likeness (QED) is 0.677. The van der Waals surface area contributed by atoms with Crippen LogP contribution in [0.4, 0.5) is 5.69 Å². The molecule has 0 spiro atoms. The minimum atomic E-state index is 0.646. The molecule has 0 saturated carbocycles. The van der Waals surface area contributed by atoms with E-state index in [1.807, 2.05) is 29.3 Å². The Morgan fingerprint density at radius 1 is 1.50 bits per heavy atom. The Morgan fingerprint density at radius 3 is 3.00 bits per heavy atom. The maximum atomic E-state index is 8.73. The third-order valence-electron chi connectivity index (χ3n) is 2.04. The molecule has 3 N–H and O–H groups in total. The molecule has 1 aliphatic rings. The van der Waals surface area contributed by atoms with Crippen molar-refractivity contribution in [2.24, 2.45) is 5.73 Å². The molecule has 0 saturated heterocycles. The predicted molar refractivity (Wildman–Crippen MR) is 53.9 cm³/mol. The molecule has 1 aromatic rings. The van der Waals surface area contributed by atoms with Crippen LogP contribution in [0.25, 0.3) is 0 Å². The predicted octanol–water partition coefficient (Wildman–Crippen LogP) is 0.683. The summed E-state index contributed by atoms with van der Waals surface area (Å²) in [6, 6.07) is 9.47. The third kappa shape index (κ3) is 1.48. The molecule has 0 atom stereocenters. The second kappa shape index (κ2) is 3.30. The van der Waals surface area contributed by atoms with Crippen molar-refractivity contribution in [1.29, 1.82) is 5.26 Å². The number of benzene rings is 1. The minimum absolute atomic E-state index is 0.646. The number of hydrazine groups is 1. The van der Waals surface area contributed by atoms with Crippen LogP contribution < -0.4 is 16.2 Å². The second-order valence-electron chi connectivity index (χ2n) is 3.04. The zero-order valence-corrected chi connectivity index (χ0v) is 7.57. The van der Waals surface area contributed by atoms with E-state index in [9.17, 15) is 0 Å². The second-order valence-corrected chi connectivity index (χ2v) is 3.04. The summed E-state index contributed by atoms with van der Waals surface area (Å²) in [4.78, 5) is 0. The molecular weight excluding hydrogens is 176 g/mol. The van der Waals surface area contributed by atoms with Crippen molar-refractivity contribution < 1.29 is 0 Å². The van der Waals surface area contributed by atoms with E-state index < -0.39 is 0 Å². The Bertz CT molecular complexity index is 416. The summed E-state index contributed by atoms with van der Waals surface area (Å²) < 4.78 is 0. The molecule has 1 aliphatic heterocycles. The molecule has 0 bridgehead atoms. The highest BCUT2D eigenvalue weighted by Gasteiger charge is 2.11. The molecule has 4 nitrogen and oxygen atoms in total. The minimum Gasteiger partial charge on any atom is -0.384 e. The van der Waals surface area contributed by atoms with Crippen molar-refractivity contribution in [3.63, 3.8) is 0 Å². The molecule has 1 heterocycles. The van der Waals surface area contributed by atoms with Gasteiger partial charge in [-0.1, -0.05) is 6.07 Å². The van der Waals surface area contributed by atoms with Gasteiger partial charge in [0.05, 0.1) is 23.9 Å². The highest BCUT2D eigenvalue weighted by molar-refractivity contribution is 5.52. The van der Waals surface area contributed by atoms with E-state index in [2.05, 4.69) is 11.5 Å². The van der Waals surface area contributed by atoms with Gasteiger partial charge >= 0.3 is 0 Å². The van der Waals surface area contributed by atoms with Crippen molar-refractivity contribution in [3.8, 4) is 6.07 Å². The van der Waals surface area contributed by atoms with Crippen molar-refractivity contribution in [2.45, 2.75) is 0 Å². The lowest BCUT2D eigenvalue weighted by Crippen LogP contribution is -2.33. The summed E-state index contributed by atoms with van der Waals surface area (Å²) in [5, 5.41) is 10.6. The summed E-state index contributed by atoms with van der Waals surface area (Å²) in [5.74, 6) is 0.646. The van der Waals surface area contributed by atoms with E-state index in [4.69, 9.17) is 11.0 Å². The van der Waals surface area contributed by atoms with Crippen LogP contribution in [0.2, 0.25) is 0 Å². The fourth-order valence-electron chi connectivity index (χ4n) is 1.35. The Kier molecular flexibility index (Phi) is 1.99. The Labute approximate surface area is 82.2 Å². The van der Waals surface area contributed by atoms with Crippen LogP contribution in [-0.4, -0.2) is 6.54 Å². The van der Waals surface area contributed by atoms with Crippen LogP contribution in [0.1, 0.15) is 5.56 Å². The summed E-state index contributed by atoms with van der Waals surface area (Å²) in [5.41, 5.74) is 10.2. The van der Waals surface area contributed by atoms with E-state index in [1.165, 1.54) is 0 Å². The van der Waals surface area contributed by atoms with Crippen LogP contribution in [0.15, 0.2) is 36.2 Å². The van der Waals surface area contributed by atoms with Gasteiger partial charge < -0.3 is 5.73 Å². The highest BCUT2D eigenvalue weighted by atomic mass is 15.5. The molecule has 2 rings (SSSR count). The normalized spacial score (nSPS) is 14.5. The van der Waals surface area contributed by atoms with Gasteiger partial charge in [0, 0.05) is 0 Å². The number of nitrogens with two attached hydrogens (primary N) is 1. The number of hydrogen-bond donors (Lipinski definition) is 2. The molecule has 70 valence electrons. The van der Waals surface area contributed by atoms with Gasteiger partial charge in [-0.05, 0) is 24.3 Å². The van der Waals surface area contributed by atoms with Crippen LogP contribution >= 0.6 is 0 Å². The van der Waals surface area contributed by atoms with Gasteiger partial charge in [-0.3, -0.25) is 10.4 Å². The SMILES string of the molecule is N#Cc1cccc(N2CC=C(N)N2)c1. The topological polar surface area (TPSA) is 65.1 Å². The zero-order valence-electron chi connectivity index (χ0n) is 7.57. The number of nitrogens with one attached hydrogen (secondary N) is 1. The molecule has 0 aromatic heterocycles. The van der Waals surface area contributed by atoms with Crippen molar-refractivity contribution in [3.05, 3.63) is 41.7 Å². The smallest absolute Gasteiger partial charge is 0.113 e. The number of anilines is 1. The van der Waals surface area contributed by atoms with Crippen LogP contribution in [-0.2, 0) is 0 Å². The van der Waals surface area contributed by atoms with Gasteiger partial charge in [-0.25, -0.2) is 0 Å².